The molecule has 0 saturated carbocycles. The van der Waals surface area contributed by atoms with E-state index in [2.05, 4.69) is 15.8 Å². The number of phenolic OH excluding ortho intramolecular Hbond substituents is 1. The number of hydrazone groups is 1. The first-order valence-electron chi connectivity index (χ1n) is 8.01. The molecule has 0 bridgehead atoms. The van der Waals surface area contributed by atoms with Crippen LogP contribution in [0.4, 0.5) is 0 Å². The molecule has 0 aliphatic carbocycles. The highest BCUT2D eigenvalue weighted by atomic mass is 16.3. The third-order valence-electron chi connectivity index (χ3n) is 4.25. The number of amides is 2. The molecule has 3 rings (SSSR count). The molecule has 2 aromatic carbocycles. The Kier molecular flexibility index (Phi) is 4.79. The highest BCUT2D eigenvalue weighted by molar-refractivity contribution is 6.03. The summed E-state index contributed by atoms with van der Waals surface area (Å²) in [7, 11) is 0. The van der Waals surface area contributed by atoms with Gasteiger partial charge in [0.25, 0.3) is 5.91 Å². The van der Waals surface area contributed by atoms with Crippen molar-refractivity contribution in [2.45, 2.75) is 12.8 Å². The number of carbonyl (C=O) groups is 2. The van der Waals surface area contributed by atoms with Crippen molar-refractivity contribution in [3.05, 3.63) is 65.2 Å². The molecule has 128 valence electrons. The third-order valence-corrected chi connectivity index (χ3v) is 4.25. The number of carbonyl (C=O) groups excluding carboxylic acids is 2. The molecule has 0 radical (unpaired) electrons. The first kappa shape index (κ1) is 16.7. The van der Waals surface area contributed by atoms with Crippen molar-refractivity contribution in [2.24, 2.45) is 11.0 Å². The van der Waals surface area contributed by atoms with Gasteiger partial charge in [-0.15, -0.1) is 0 Å². The van der Waals surface area contributed by atoms with Crippen LogP contribution in [-0.2, 0) is 9.59 Å². The first-order valence-corrected chi connectivity index (χ1v) is 8.01. The van der Waals surface area contributed by atoms with Gasteiger partial charge in [0.2, 0.25) is 5.91 Å². The summed E-state index contributed by atoms with van der Waals surface area (Å²) in [6, 6.07) is 14.5. The van der Waals surface area contributed by atoms with Crippen molar-refractivity contribution < 1.29 is 14.7 Å². The molecule has 1 aliphatic rings. The molecule has 2 unspecified atom stereocenters. The fourth-order valence-corrected chi connectivity index (χ4v) is 2.95. The summed E-state index contributed by atoms with van der Waals surface area (Å²) in [6.45, 7) is 2.31. The van der Waals surface area contributed by atoms with Crippen LogP contribution in [0.2, 0.25) is 0 Å². The molecule has 3 N–H and O–H groups in total. The average Bonchev–Trinajstić information content (AvgIpc) is 3.00. The first-order chi connectivity index (χ1) is 12.1. The molecular formula is C19H19N3O3. The highest BCUT2D eigenvalue weighted by Crippen LogP contribution is 2.29. The second kappa shape index (κ2) is 7.17. The lowest BCUT2D eigenvalue weighted by Crippen LogP contribution is -2.34. The zero-order valence-corrected chi connectivity index (χ0v) is 13.8. The van der Waals surface area contributed by atoms with Gasteiger partial charge in [-0.1, -0.05) is 42.0 Å². The zero-order valence-electron chi connectivity index (χ0n) is 13.8. The van der Waals surface area contributed by atoms with Crippen molar-refractivity contribution in [3.8, 4) is 5.75 Å². The van der Waals surface area contributed by atoms with Crippen LogP contribution in [0.5, 0.6) is 5.75 Å². The Balaban J connectivity index is 1.72. The van der Waals surface area contributed by atoms with Crippen LogP contribution < -0.4 is 10.7 Å². The molecular weight excluding hydrogens is 318 g/mol. The topological polar surface area (TPSA) is 90.8 Å². The molecule has 6 nitrogen and oxygen atoms in total. The fraction of sp³-hybridized carbons (Fsp3) is 0.211. The minimum Gasteiger partial charge on any atom is -0.507 e. The number of nitrogens with one attached hydrogen (secondary N) is 2. The minimum atomic E-state index is -0.828. The molecule has 6 heteroatoms. The van der Waals surface area contributed by atoms with Crippen molar-refractivity contribution in [1.29, 1.82) is 0 Å². The maximum absolute atomic E-state index is 12.4. The Labute approximate surface area is 145 Å². The van der Waals surface area contributed by atoms with E-state index < -0.39 is 11.8 Å². The van der Waals surface area contributed by atoms with Crippen LogP contribution in [0, 0.1) is 12.8 Å². The highest BCUT2D eigenvalue weighted by Gasteiger charge is 2.40. The maximum atomic E-state index is 12.4. The SMILES string of the molecule is Cc1ccc(O)c(C=NNC(=O)C2C(=O)NCC2c2ccccc2)c1. The number of hydrogen-bond donors (Lipinski definition) is 3. The lowest BCUT2D eigenvalue weighted by Gasteiger charge is -2.15. The number of phenols is 1. The molecule has 1 fully saturated rings. The van der Waals surface area contributed by atoms with Crippen LogP contribution >= 0.6 is 0 Å². The number of nitrogens with zero attached hydrogens (tertiary/aromatic N) is 1. The Morgan fingerprint density at radius 2 is 2.04 bits per heavy atom. The third kappa shape index (κ3) is 3.68. The molecule has 1 aliphatic heterocycles. The van der Waals surface area contributed by atoms with Gasteiger partial charge in [0.05, 0.1) is 6.21 Å². The molecule has 2 atom stereocenters. The molecule has 2 amide bonds. The second-order valence-electron chi connectivity index (χ2n) is 6.04. The van der Waals surface area contributed by atoms with Crippen LogP contribution in [0.3, 0.4) is 0 Å². The van der Waals surface area contributed by atoms with E-state index in [1.165, 1.54) is 6.21 Å². The van der Waals surface area contributed by atoms with E-state index >= 15 is 0 Å². The Bertz CT molecular complexity index is 818. The lowest BCUT2D eigenvalue weighted by molar-refractivity contribution is -0.133. The average molecular weight is 337 g/mol. The maximum Gasteiger partial charge on any atom is 0.253 e. The predicted octanol–water partition coefficient (Wildman–Crippen LogP) is 1.68. The number of hydrogen-bond acceptors (Lipinski definition) is 4. The summed E-state index contributed by atoms with van der Waals surface area (Å²) in [5.41, 5.74) is 4.80. The zero-order chi connectivity index (χ0) is 17.8. The number of benzene rings is 2. The van der Waals surface area contributed by atoms with E-state index in [0.717, 1.165) is 11.1 Å². The molecule has 0 spiro atoms. The van der Waals surface area contributed by atoms with Crippen molar-refractivity contribution in [3.63, 3.8) is 0 Å². The molecule has 0 aromatic heterocycles. The molecule has 25 heavy (non-hydrogen) atoms. The second-order valence-corrected chi connectivity index (χ2v) is 6.04. The van der Waals surface area contributed by atoms with E-state index in [9.17, 15) is 14.7 Å². The fourth-order valence-electron chi connectivity index (χ4n) is 2.95. The Hall–Kier alpha value is -3.15. The predicted molar refractivity (Wildman–Crippen MR) is 94.3 cm³/mol. The van der Waals surface area contributed by atoms with Gasteiger partial charge >= 0.3 is 0 Å². The normalized spacial score (nSPS) is 19.8. The summed E-state index contributed by atoms with van der Waals surface area (Å²) in [4.78, 5) is 24.5. The van der Waals surface area contributed by atoms with Gasteiger partial charge in [-0.2, -0.15) is 5.10 Å². The Morgan fingerprint density at radius 1 is 1.28 bits per heavy atom. The van der Waals surface area contributed by atoms with Gasteiger partial charge in [-0.05, 0) is 24.6 Å². The van der Waals surface area contributed by atoms with Gasteiger partial charge < -0.3 is 10.4 Å². The summed E-state index contributed by atoms with van der Waals surface area (Å²) >= 11 is 0. The van der Waals surface area contributed by atoms with Gasteiger partial charge in [0.1, 0.15) is 11.7 Å². The van der Waals surface area contributed by atoms with Crippen molar-refractivity contribution >= 4 is 18.0 Å². The van der Waals surface area contributed by atoms with Crippen molar-refractivity contribution in [1.82, 2.24) is 10.7 Å². The van der Waals surface area contributed by atoms with Crippen LogP contribution in [0.25, 0.3) is 0 Å². The molecule has 2 aromatic rings. The Morgan fingerprint density at radius 3 is 2.80 bits per heavy atom. The summed E-state index contributed by atoms with van der Waals surface area (Å²) in [5.74, 6) is -1.75. The quantitative estimate of drug-likeness (QED) is 0.450. The summed E-state index contributed by atoms with van der Waals surface area (Å²) in [6.07, 6.45) is 1.37. The number of rotatable bonds is 4. The lowest BCUT2D eigenvalue weighted by atomic mass is 9.88. The summed E-state index contributed by atoms with van der Waals surface area (Å²) < 4.78 is 0. The van der Waals surface area contributed by atoms with E-state index in [4.69, 9.17) is 0 Å². The van der Waals surface area contributed by atoms with Crippen LogP contribution in [0.1, 0.15) is 22.6 Å². The summed E-state index contributed by atoms with van der Waals surface area (Å²) in [5, 5.41) is 16.4. The van der Waals surface area contributed by atoms with Crippen molar-refractivity contribution in [2.75, 3.05) is 6.54 Å². The van der Waals surface area contributed by atoms with Gasteiger partial charge in [0, 0.05) is 18.0 Å². The van der Waals surface area contributed by atoms with Gasteiger partial charge in [0.15, 0.2) is 0 Å². The van der Waals surface area contributed by atoms with E-state index in [1.807, 2.05) is 37.3 Å². The molecule has 1 saturated heterocycles. The largest absolute Gasteiger partial charge is 0.507 e. The monoisotopic (exact) mass is 337 g/mol. The van der Waals surface area contributed by atoms with E-state index in [1.54, 1.807) is 18.2 Å². The van der Waals surface area contributed by atoms with E-state index in [-0.39, 0.29) is 17.6 Å². The van der Waals surface area contributed by atoms with Gasteiger partial charge in [-0.25, -0.2) is 5.43 Å². The smallest absolute Gasteiger partial charge is 0.253 e. The van der Waals surface area contributed by atoms with Gasteiger partial charge in [-0.3, -0.25) is 9.59 Å². The standard InChI is InChI=1S/C19H19N3O3/c1-12-7-8-16(23)14(9-12)10-21-22-19(25)17-15(11-20-18(17)24)13-5-3-2-4-6-13/h2-10,15,17,23H,11H2,1H3,(H,20,24)(H,22,25). The molecule has 1 heterocycles. The van der Waals surface area contributed by atoms with Crippen LogP contribution in [0.15, 0.2) is 53.6 Å². The number of aryl methyl sites for hydroxylation is 1. The van der Waals surface area contributed by atoms with E-state index in [0.29, 0.717) is 12.1 Å². The number of aromatic hydroxyl groups is 1. The van der Waals surface area contributed by atoms with Crippen LogP contribution in [-0.4, -0.2) is 29.7 Å². The minimum absolute atomic E-state index is 0.0735.